The molecule has 0 aromatic heterocycles. The highest BCUT2D eigenvalue weighted by Gasteiger charge is 2.15. The fraction of sp³-hybridized carbons (Fsp3) is 0.953. The van der Waals surface area contributed by atoms with E-state index < -0.39 is 0 Å². The molecule has 0 radical (unpaired) electrons. The molecule has 1 N–H and O–H groups in total. The third-order valence-corrected chi connectivity index (χ3v) is 9.93. The van der Waals surface area contributed by atoms with Crippen molar-refractivity contribution in [1.82, 2.24) is 4.90 Å². The molecular formula is C43H85NO5. The van der Waals surface area contributed by atoms with Crippen LogP contribution in [0.4, 0.5) is 0 Å². The number of aliphatic hydroxyl groups excluding tert-OH is 1. The molecule has 0 rings (SSSR count). The van der Waals surface area contributed by atoms with Gasteiger partial charge in [0.25, 0.3) is 0 Å². The summed E-state index contributed by atoms with van der Waals surface area (Å²) < 4.78 is 11.4. The van der Waals surface area contributed by atoms with E-state index in [1.165, 1.54) is 116 Å². The lowest BCUT2D eigenvalue weighted by Crippen LogP contribution is -2.29. The van der Waals surface area contributed by atoms with Crippen molar-refractivity contribution >= 4 is 11.9 Å². The van der Waals surface area contributed by atoms with E-state index in [1.54, 1.807) is 0 Å². The van der Waals surface area contributed by atoms with Gasteiger partial charge in [-0.3, -0.25) is 9.59 Å². The van der Waals surface area contributed by atoms with Crippen LogP contribution in [0.3, 0.4) is 0 Å². The first-order chi connectivity index (χ1) is 23.9. The summed E-state index contributed by atoms with van der Waals surface area (Å²) in [6.07, 6.45) is 35.7. The summed E-state index contributed by atoms with van der Waals surface area (Å²) in [4.78, 5) is 26.8. The Morgan fingerprint density at radius 2 is 0.918 bits per heavy atom. The van der Waals surface area contributed by atoms with E-state index >= 15 is 0 Å². The van der Waals surface area contributed by atoms with Gasteiger partial charge >= 0.3 is 11.9 Å². The number of unbranched alkanes of at least 4 members (excludes halogenated alkanes) is 22. The zero-order valence-electron chi connectivity index (χ0n) is 33.4. The molecule has 292 valence electrons. The molecule has 0 fully saturated rings. The van der Waals surface area contributed by atoms with E-state index in [2.05, 4.69) is 32.7 Å². The summed E-state index contributed by atoms with van der Waals surface area (Å²) in [7, 11) is 2.09. The number of hydrogen-bond acceptors (Lipinski definition) is 6. The molecule has 0 amide bonds. The standard InChI is InChI=1S/C43H85NO5/c1-5-8-11-14-17-23-31-38-48-42(46)35-28-21-18-22-30-37-44(4)39-40(45)32-25-24-29-36-43(47)49-41(33-26-19-15-12-9-6-2)34-27-20-16-13-10-7-3/h40-41,45H,5-39H2,1-4H3. The van der Waals surface area contributed by atoms with Gasteiger partial charge in [0.05, 0.1) is 12.7 Å². The monoisotopic (exact) mass is 696 g/mol. The van der Waals surface area contributed by atoms with Crippen molar-refractivity contribution in [2.45, 2.75) is 238 Å². The average molecular weight is 696 g/mol. The molecule has 0 aromatic carbocycles. The molecule has 0 bridgehead atoms. The molecule has 1 atom stereocenters. The Balaban J connectivity index is 3.87. The summed E-state index contributed by atoms with van der Waals surface area (Å²) in [5.74, 6) is -0.0631. The molecule has 6 nitrogen and oxygen atoms in total. The summed E-state index contributed by atoms with van der Waals surface area (Å²) in [5, 5.41) is 10.5. The number of ether oxygens (including phenoxy) is 2. The second-order valence-electron chi connectivity index (χ2n) is 15.1. The molecule has 0 spiro atoms. The van der Waals surface area contributed by atoms with Crippen molar-refractivity contribution in [1.29, 1.82) is 0 Å². The molecule has 49 heavy (non-hydrogen) atoms. The second kappa shape index (κ2) is 38.1. The molecule has 0 aliphatic heterocycles. The Morgan fingerprint density at radius 1 is 0.510 bits per heavy atom. The lowest BCUT2D eigenvalue weighted by molar-refractivity contribution is -0.150. The van der Waals surface area contributed by atoms with Gasteiger partial charge in [0.15, 0.2) is 0 Å². The van der Waals surface area contributed by atoms with Crippen molar-refractivity contribution < 1.29 is 24.2 Å². The van der Waals surface area contributed by atoms with Gasteiger partial charge in [-0.05, 0) is 71.4 Å². The maximum Gasteiger partial charge on any atom is 0.306 e. The van der Waals surface area contributed by atoms with E-state index in [4.69, 9.17) is 9.47 Å². The number of carbonyl (C=O) groups is 2. The normalized spacial score (nSPS) is 12.2. The first-order valence-electron chi connectivity index (χ1n) is 21.6. The zero-order valence-corrected chi connectivity index (χ0v) is 33.4. The van der Waals surface area contributed by atoms with Crippen LogP contribution >= 0.6 is 0 Å². The molecule has 0 saturated carbocycles. The van der Waals surface area contributed by atoms with E-state index in [0.29, 0.717) is 26.0 Å². The van der Waals surface area contributed by atoms with Crippen LogP contribution in [-0.4, -0.2) is 60.9 Å². The van der Waals surface area contributed by atoms with Crippen molar-refractivity contribution in [3.05, 3.63) is 0 Å². The van der Waals surface area contributed by atoms with E-state index in [0.717, 1.165) is 83.6 Å². The fourth-order valence-corrected chi connectivity index (χ4v) is 6.68. The molecule has 1 unspecified atom stereocenters. The predicted octanol–water partition coefficient (Wildman–Crippen LogP) is 12.3. The molecule has 0 aliphatic carbocycles. The number of nitrogens with zero attached hydrogens (tertiary/aromatic N) is 1. The molecule has 0 saturated heterocycles. The van der Waals surface area contributed by atoms with Crippen LogP contribution in [0.15, 0.2) is 0 Å². The van der Waals surface area contributed by atoms with Crippen LogP contribution in [-0.2, 0) is 19.1 Å². The summed E-state index contributed by atoms with van der Waals surface area (Å²) in [5.41, 5.74) is 0. The number of aliphatic hydroxyl groups is 1. The number of rotatable bonds is 39. The Morgan fingerprint density at radius 3 is 1.47 bits per heavy atom. The Bertz CT molecular complexity index is 686. The molecule has 0 heterocycles. The fourth-order valence-electron chi connectivity index (χ4n) is 6.68. The lowest BCUT2D eigenvalue weighted by Gasteiger charge is -2.20. The van der Waals surface area contributed by atoms with Crippen molar-refractivity contribution in [3.63, 3.8) is 0 Å². The van der Waals surface area contributed by atoms with E-state index in [1.807, 2.05) is 0 Å². The largest absolute Gasteiger partial charge is 0.466 e. The van der Waals surface area contributed by atoms with Gasteiger partial charge in [0.1, 0.15) is 6.10 Å². The summed E-state index contributed by atoms with van der Waals surface area (Å²) in [6.45, 7) is 9.02. The molecular weight excluding hydrogens is 610 g/mol. The minimum absolute atomic E-state index is 0.0269. The Labute approximate surface area is 305 Å². The minimum Gasteiger partial charge on any atom is -0.466 e. The van der Waals surface area contributed by atoms with Crippen LogP contribution < -0.4 is 0 Å². The topological polar surface area (TPSA) is 76.1 Å². The van der Waals surface area contributed by atoms with E-state index in [-0.39, 0.29) is 24.1 Å². The van der Waals surface area contributed by atoms with Crippen molar-refractivity contribution in [2.75, 3.05) is 26.7 Å². The third kappa shape index (κ3) is 36.5. The molecule has 6 heteroatoms. The maximum absolute atomic E-state index is 12.6. The van der Waals surface area contributed by atoms with Crippen LogP contribution in [0, 0.1) is 0 Å². The first kappa shape index (κ1) is 47.9. The van der Waals surface area contributed by atoms with E-state index in [9.17, 15) is 14.7 Å². The average Bonchev–Trinajstić information content (AvgIpc) is 3.08. The number of hydrogen-bond donors (Lipinski definition) is 1. The van der Waals surface area contributed by atoms with Crippen molar-refractivity contribution in [3.8, 4) is 0 Å². The van der Waals surface area contributed by atoms with Gasteiger partial charge < -0.3 is 19.5 Å². The molecule has 0 aromatic rings. The summed E-state index contributed by atoms with van der Waals surface area (Å²) >= 11 is 0. The van der Waals surface area contributed by atoms with Gasteiger partial charge in [-0.1, -0.05) is 156 Å². The molecule has 0 aliphatic rings. The van der Waals surface area contributed by atoms with Gasteiger partial charge in [-0.15, -0.1) is 0 Å². The number of likely N-dealkylation sites (N-methyl/N-ethyl adjacent to an activating group) is 1. The van der Waals surface area contributed by atoms with Gasteiger partial charge in [-0.25, -0.2) is 0 Å². The Hall–Kier alpha value is -1.14. The number of esters is 2. The first-order valence-corrected chi connectivity index (χ1v) is 21.6. The van der Waals surface area contributed by atoms with Crippen LogP contribution in [0.2, 0.25) is 0 Å². The lowest BCUT2D eigenvalue weighted by atomic mass is 10.0. The Kier molecular flexibility index (Phi) is 37.2. The highest BCUT2D eigenvalue weighted by atomic mass is 16.5. The smallest absolute Gasteiger partial charge is 0.306 e. The summed E-state index contributed by atoms with van der Waals surface area (Å²) in [6, 6.07) is 0. The zero-order chi connectivity index (χ0) is 36.0. The van der Waals surface area contributed by atoms with Crippen LogP contribution in [0.5, 0.6) is 0 Å². The maximum atomic E-state index is 12.6. The van der Waals surface area contributed by atoms with Gasteiger partial charge in [0, 0.05) is 19.4 Å². The minimum atomic E-state index is -0.317. The third-order valence-electron chi connectivity index (χ3n) is 9.93. The van der Waals surface area contributed by atoms with Crippen LogP contribution in [0.25, 0.3) is 0 Å². The second-order valence-corrected chi connectivity index (χ2v) is 15.1. The van der Waals surface area contributed by atoms with Crippen LogP contribution in [0.1, 0.15) is 226 Å². The SMILES string of the molecule is CCCCCCCCCOC(=O)CCCCCCCN(C)CC(O)CCCCCC(=O)OC(CCCCCCCC)CCCCCCCC. The highest BCUT2D eigenvalue weighted by Crippen LogP contribution is 2.18. The highest BCUT2D eigenvalue weighted by molar-refractivity contribution is 5.69. The van der Waals surface area contributed by atoms with Crippen molar-refractivity contribution in [2.24, 2.45) is 0 Å². The quantitative estimate of drug-likeness (QED) is 0.0509. The van der Waals surface area contributed by atoms with Gasteiger partial charge in [0.2, 0.25) is 0 Å². The van der Waals surface area contributed by atoms with Gasteiger partial charge in [-0.2, -0.15) is 0 Å². The number of carbonyl (C=O) groups excluding carboxylic acids is 2. The predicted molar refractivity (Wildman–Crippen MR) is 209 cm³/mol.